The van der Waals surface area contributed by atoms with Gasteiger partial charge in [0.2, 0.25) is 0 Å². The van der Waals surface area contributed by atoms with E-state index in [0.29, 0.717) is 12.5 Å². The molecule has 0 aliphatic rings. The molecular formula is C17H33N2O2. The van der Waals surface area contributed by atoms with E-state index in [1.165, 1.54) is 4.90 Å². The predicted molar refractivity (Wildman–Crippen MR) is 87.8 cm³/mol. The summed E-state index contributed by atoms with van der Waals surface area (Å²) in [7, 11) is 0. The van der Waals surface area contributed by atoms with Crippen LogP contribution in [0.3, 0.4) is 0 Å². The van der Waals surface area contributed by atoms with Crippen LogP contribution in [0.5, 0.6) is 0 Å². The van der Waals surface area contributed by atoms with E-state index in [0.717, 1.165) is 44.9 Å². The molecule has 0 saturated heterocycles. The molecule has 3 amide bonds. The minimum Gasteiger partial charge on any atom is -0.332 e. The van der Waals surface area contributed by atoms with Crippen LogP contribution in [0.15, 0.2) is 0 Å². The van der Waals surface area contributed by atoms with Crippen molar-refractivity contribution in [2.75, 3.05) is 6.54 Å². The third kappa shape index (κ3) is 7.49. The van der Waals surface area contributed by atoms with Crippen LogP contribution in [-0.2, 0) is 4.79 Å². The highest BCUT2D eigenvalue weighted by atomic mass is 16.2. The maximum Gasteiger partial charge on any atom is 0.324 e. The van der Waals surface area contributed by atoms with E-state index in [-0.39, 0.29) is 11.6 Å². The smallest absolute Gasteiger partial charge is 0.324 e. The zero-order chi connectivity index (χ0) is 16.3. The normalized spacial score (nSPS) is 12.8. The van der Waals surface area contributed by atoms with Crippen LogP contribution in [0, 0.1) is 5.92 Å². The van der Waals surface area contributed by atoms with Gasteiger partial charge >= 0.3 is 12.4 Å². The molecule has 21 heavy (non-hydrogen) atoms. The molecule has 0 fully saturated rings. The zero-order valence-electron chi connectivity index (χ0n) is 14.5. The Bertz CT molecular complexity index is 299. The lowest BCUT2D eigenvalue weighted by Crippen LogP contribution is -2.52. The van der Waals surface area contributed by atoms with Gasteiger partial charge in [0.1, 0.15) is 0 Å². The molecule has 0 bridgehead atoms. The van der Waals surface area contributed by atoms with Gasteiger partial charge in [0, 0.05) is 12.1 Å². The number of nitrogens with zero attached hydrogens (tertiary/aromatic N) is 1. The number of imide groups is 1. The Morgan fingerprint density at radius 2 is 1.71 bits per heavy atom. The van der Waals surface area contributed by atoms with Crippen LogP contribution < -0.4 is 5.32 Å². The molecule has 0 saturated carbocycles. The molecule has 4 nitrogen and oxygen atoms in total. The van der Waals surface area contributed by atoms with Gasteiger partial charge in [-0.3, -0.25) is 9.69 Å². The van der Waals surface area contributed by atoms with Crippen molar-refractivity contribution in [3.05, 3.63) is 0 Å². The minimum absolute atomic E-state index is 0.234. The van der Waals surface area contributed by atoms with Gasteiger partial charge in [-0.15, -0.1) is 0 Å². The molecule has 0 aliphatic heterocycles. The molecule has 0 aliphatic carbocycles. The molecule has 1 N–H and O–H groups in total. The second-order valence-electron chi connectivity index (χ2n) is 6.26. The van der Waals surface area contributed by atoms with Crippen molar-refractivity contribution in [1.82, 2.24) is 10.2 Å². The van der Waals surface area contributed by atoms with Crippen LogP contribution in [0.2, 0.25) is 0 Å². The van der Waals surface area contributed by atoms with Crippen molar-refractivity contribution >= 4 is 12.4 Å². The van der Waals surface area contributed by atoms with E-state index in [2.05, 4.69) is 39.9 Å². The first kappa shape index (κ1) is 19.9. The third-order valence-electron chi connectivity index (χ3n) is 4.08. The van der Waals surface area contributed by atoms with Crippen molar-refractivity contribution in [2.24, 2.45) is 5.92 Å². The second-order valence-corrected chi connectivity index (χ2v) is 6.26. The van der Waals surface area contributed by atoms with Crippen LogP contribution in [0.4, 0.5) is 4.79 Å². The zero-order valence-corrected chi connectivity index (χ0v) is 14.5. The van der Waals surface area contributed by atoms with Crippen LogP contribution in [-0.4, -0.2) is 29.4 Å². The van der Waals surface area contributed by atoms with E-state index >= 15 is 0 Å². The Balaban J connectivity index is 4.72. The summed E-state index contributed by atoms with van der Waals surface area (Å²) in [6.07, 6.45) is 8.73. The predicted octanol–water partition coefficient (Wildman–Crippen LogP) is 4.25. The maximum atomic E-state index is 12.3. The van der Waals surface area contributed by atoms with Gasteiger partial charge in [-0.2, -0.15) is 0 Å². The third-order valence-corrected chi connectivity index (χ3v) is 4.08. The monoisotopic (exact) mass is 297 g/mol. The lowest BCUT2D eigenvalue weighted by molar-refractivity contribution is 0.192. The highest BCUT2D eigenvalue weighted by molar-refractivity contribution is 5.85. The van der Waals surface area contributed by atoms with Crippen LogP contribution in [0.1, 0.15) is 79.6 Å². The second kappa shape index (κ2) is 10.6. The Morgan fingerprint density at radius 3 is 2.10 bits per heavy atom. The average Bonchev–Trinajstić information content (AvgIpc) is 2.43. The standard InChI is InChI=1S/C17H33N2O2/c1-6-10-15(9-4)13-19(14-20)16(21)18-17(5,11-7-2)12-8-3/h15H,6-13H2,1-5H3,(H,18,21). The van der Waals surface area contributed by atoms with Gasteiger partial charge in [0.25, 0.3) is 0 Å². The molecule has 1 unspecified atom stereocenters. The Kier molecular flexibility index (Phi) is 10.1. The van der Waals surface area contributed by atoms with Crippen LogP contribution in [0.25, 0.3) is 0 Å². The van der Waals surface area contributed by atoms with Crippen molar-refractivity contribution < 1.29 is 9.59 Å². The molecule has 1 atom stereocenters. The summed E-state index contributed by atoms with van der Waals surface area (Å²) in [5.74, 6) is 0.366. The Hall–Kier alpha value is -1.06. The number of hydrogen-bond acceptors (Lipinski definition) is 2. The van der Waals surface area contributed by atoms with E-state index in [1.54, 1.807) is 6.41 Å². The summed E-state index contributed by atoms with van der Waals surface area (Å²) in [6, 6.07) is -0.302. The number of nitrogens with one attached hydrogen (secondary N) is 1. The average molecular weight is 297 g/mol. The quantitative estimate of drug-likeness (QED) is 0.580. The lowest BCUT2D eigenvalue weighted by Gasteiger charge is -2.32. The Labute approximate surface area is 130 Å². The van der Waals surface area contributed by atoms with E-state index in [9.17, 15) is 9.59 Å². The molecule has 0 heterocycles. The number of urea groups is 1. The number of rotatable bonds is 11. The summed E-state index contributed by atoms with van der Waals surface area (Å²) in [4.78, 5) is 24.7. The fourth-order valence-corrected chi connectivity index (χ4v) is 2.93. The van der Waals surface area contributed by atoms with E-state index in [1.807, 2.05) is 0 Å². The van der Waals surface area contributed by atoms with Crippen LogP contribution >= 0.6 is 0 Å². The molecule has 1 radical (unpaired) electrons. The summed E-state index contributed by atoms with van der Waals surface area (Å²) in [6.45, 7) is 11.0. The summed E-state index contributed by atoms with van der Waals surface area (Å²) in [5, 5.41) is 3.04. The van der Waals surface area contributed by atoms with E-state index < -0.39 is 0 Å². The van der Waals surface area contributed by atoms with Gasteiger partial charge < -0.3 is 5.32 Å². The fraction of sp³-hybridized carbons (Fsp3) is 0.882. The van der Waals surface area contributed by atoms with Gasteiger partial charge in [-0.25, -0.2) is 4.79 Å². The molecule has 0 spiro atoms. The molecule has 0 aromatic heterocycles. The number of amides is 3. The SMILES string of the molecule is CCCC(CC)CN([C]=O)C(=O)NC(C)(CCC)CCC. The number of carbonyl (C=O) groups is 1. The van der Waals surface area contributed by atoms with E-state index in [4.69, 9.17) is 0 Å². The van der Waals surface area contributed by atoms with Crippen molar-refractivity contribution in [1.29, 1.82) is 0 Å². The molecule has 0 rings (SSSR count). The molecular weight excluding hydrogens is 264 g/mol. The molecule has 0 aromatic rings. The first-order chi connectivity index (χ1) is 9.96. The molecule has 4 heteroatoms. The summed E-state index contributed by atoms with van der Waals surface area (Å²) >= 11 is 0. The van der Waals surface area contributed by atoms with Crippen molar-refractivity contribution in [3.8, 4) is 0 Å². The molecule has 0 aromatic carbocycles. The van der Waals surface area contributed by atoms with Crippen molar-refractivity contribution in [3.63, 3.8) is 0 Å². The van der Waals surface area contributed by atoms with Crippen molar-refractivity contribution in [2.45, 2.75) is 85.1 Å². The lowest BCUT2D eigenvalue weighted by atomic mass is 9.91. The van der Waals surface area contributed by atoms with Gasteiger partial charge in [0.15, 0.2) is 0 Å². The minimum atomic E-state index is -0.302. The first-order valence-corrected chi connectivity index (χ1v) is 8.43. The summed E-state index contributed by atoms with van der Waals surface area (Å²) in [5.41, 5.74) is -0.234. The number of carbonyl (C=O) groups excluding carboxylic acids is 2. The highest BCUT2D eigenvalue weighted by Gasteiger charge is 2.28. The maximum absolute atomic E-state index is 12.3. The first-order valence-electron chi connectivity index (χ1n) is 8.43. The molecule has 123 valence electrons. The highest BCUT2D eigenvalue weighted by Crippen LogP contribution is 2.20. The Morgan fingerprint density at radius 1 is 1.14 bits per heavy atom. The fourth-order valence-electron chi connectivity index (χ4n) is 2.93. The van der Waals surface area contributed by atoms with Gasteiger partial charge in [0.05, 0.1) is 0 Å². The topological polar surface area (TPSA) is 49.4 Å². The van der Waals surface area contributed by atoms with Gasteiger partial charge in [-0.1, -0.05) is 53.4 Å². The summed E-state index contributed by atoms with van der Waals surface area (Å²) < 4.78 is 0. The largest absolute Gasteiger partial charge is 0.332 e. The number of hydrogen-bond donors (Lipinski definition) is 1. The van der Waals surface area contributed by atoms with Gasteiger partial charge in [-0.05, 0) is 32.1 Å².